The fourth-order valence-corrected chi connectivity index (χ4v) is 2.40. The van der Waals surface area contributed by atoms with Gasteiger partial charge in [-0.1, -0.05) is 43.3 Å². The van der Waals surface area contributed by atoms with Crippen LogP contribution in [0.2, 0.25) is 0 Å². The second-order valence-corrected chi connectivity index (χ2v) is 5.96. The first-order valence-electron chi connectivity index (χ1n) is 8.01. The minimum absolute atomic E-state index is 0.247. The summed E-state index contributed by atoms with van der Waals surface area (Å²) in [7, 11) is 0. The van der Waals surface area contributed by atoms with E-state index in [0.29, 0.717) is 24.0 Å². The first-order chi connectivity index (χ1) is 11.6. The largest absolute Gasteiger partial charge is 0.461 e. The smallest absolute Gasteiger partial charge is 0.273 e. The van der Waals surface area contributed by atoms with Crippen molar-refractivity contribution in [2.24, 2.45) is 0 Å². The van der Waals surface area contributed by atoms with Crippen molar-refractivity contribution in [3.05, 3.63) is 65.5 Å². The minimum Gasteiger partial charge on any atom is -0.461 e. The van der Waals surface area contributed by atoms with Gasteiger partial charge in [-0.3, -0.25) is 4.79 Å². The fraction of sp³-hybridized carbons (Fsp3) is 0.263. The van der Waals surface area contributed by atoms with Crippen molar-refractivity contribution in [2.45, 2.75) is 26.2 Å². The molecule has 0 aliphatic heterocycles. The summed E-state index contributed by atoms with van der Waals surface area (Å²) in [5, 5.41) is 6.63. The number of furan rings is 1. The maximum atomic E-state index is 12.1. The molecular formula is C19H20N2O3. The van der Waals surface area contributed by atoms with Crippen LogP contribution in [0.5, 0.6) is 0 Å². The molecule has 1 N–H and O–H groups in total. The zero-order valence-electron chi connectivity index (χ0n) is 13.8. The monoisotopic (exact) mass is 324 g/mol. The third-order valence-electron chi connectivity index (χ3n) is 3.85. The van der Waals surface area contributed by atoms with Gasteiger partial charge in [-0.2, -0.15) is 0 Å². The number of hydrogen-bond donors (Lipinski definition) is 1. The first-order valence-corrected chi connectivity index (χ1v) is 8.01. The number of nitrogens with one attached hydrogen (secondary N) is 1. The van der Waals surface area contributed by atoms with Crippen molar-refractivity contribution in [2.75, 3.05) is 6.54 Å². The van der Waals surface area contributed by atoms with E-state index in [1.165, 1.54) is 11.1 Å². The summed E-state index contributed by atoms with van der Waals surface area (Å²) >= 11 is 0. The maximum absolute atomic E-state index is 12.1. The second kappa shape index (κ2) is 7.17. The molecule has 0 bridgehead atoms. The Hall–Kier alpha value is -2.82. The van der Waals surface area contributed by atoms with Crippen molar-refractivity contribution in [3.63, 3.8) is 0 Å². The average Bonchev–Trinajstić information content (AvgIpc) is 3.26. The highest BCUT2D eigenvalue weighted by atomic mass is 16.5. The lowest BCUT2D eigenvalue weighted by molar-refractivity contribution is 0.0945. The van der Waals surface area contributed by atoms with E-state index in [2.05, 4.69) is 48.6 Å². The minimum atomic E-state index is -0.254. The van der Waals surface area contributed by atoms with E-state index in [4.69, 9.17) is 8.94 Å². The van der Waals surface area contributed by atoms with Gasteiger partial charge in [0.05, 0.1) is 6.26 Å². The fourth-order valence-electron chi connectivity index (χ4n) is 2.40. The van der Waals surface area contributed by atoms with Gasteiger partial charge in [-0.25, -0.2) is 0 Å². The zero-order chi connectivity index (χ0) is 16.9. The molecule has 0 aliphatic carbocycles. The van der Waals surface area contributed by atoms with Crippen LogP contribution in [-0.2, 0) is 6.42 Å². The predicted octanol–water partition coefficient (Wildman–Crippen LogP) is 4.03. The van der Waals surface area contributed by atoms with Gasteiger partial charge in [0.25, 0.3) is 5.91 Å². The molecule has 5 nitrogen and oxygen atoms in total. The van der Waals surface area contributed by atoms with Gasteiger partial charge < -0.3 is 14.3 Å². The molecular weight excluding hydrogens is 304 g/mol. The van der Waals surface area contributed by atoms with Crippen LogP contribution in [0.4, 0.5) is 0 Å². The van der Waals surface area contributed by atoms with Gasteiger partial charge in [0.1, 0.15) is 0 Å². The Morgan fingerprint density at radius 1 is 1.17 bits per heavy atom. The molecule has 0 spiro atoms. The van der Waals surface area contributed by atoms with Crippen molar-refractivity contribution in [3.8, 4) is 11.5 Å². The molecule has 2 aromatic heterocycles. The number of nitrogens with zero attached hydrogens (tertiary/aromatic N) is 1. The molecule has 1 amide bonds. The van der Waals surface area contributed by atoms with E-state index in [0.717, 1.165) is 6.42 Å². The predicted molar refractivity (Wildman–Crippen MR) is 90.8 cm³/mol. The van der Waals surface area contributed by atoms with Crippen molar-refractivity contribution in [1.82, 2.24) is 10.5 Å². The summed E-state index contributed by atoms with van der Waals surface area (Å²) in [5.41, 5.74) is 2.75. The van der Waals surface area contributed by atoms with E-state index < -0.39 is 0 Å². The summed E-state index contributed by atoms with van der Waals surface area (Å²) in [6.45, 7) is 4.89. The van der Waals surface area contributed by atoms with Gasteiger partial charge in [0.2, 0.25) is 5.76 Å². The molecule has 0 radical (unpaired) electrons. The third-order valence-corrected chi connectivity index (χ3v) is 3.85. The van der Waals surface area contributed by atoms with Gasteiger partial charge in [0.15, 0.2) is 11.5 Å². The van der Waals surface area contributed by atoms with Gasteiger partial charge >= 0.3 is 0 Å². The van der Waals surface area contributed by atoms with E-state index >= 15 is 0 Å². The van der Waals surface area contributed by atoms with E-state index in [1.54, 1.807) is 24.5 Å². The number of carbonyl (C=O) groups excluding carboxylic acids is 1. The third kappa shape index (κ3) is 3.74. The molecule has 0 saturated heterocycles. The molecule has 3 aromatic rings. The highest BCUT2D eigenvalue weighted by Crippen LogP contribution is 2.20. The summed E-state index contributed by atoms with van der Waals surface area (Å²) in [4.78, 5) is 12.1. The quantitative estimate of drug-likeness (QED) is 0.743. The lowest BCUT2D eigenvalue weighted by Crippen LogP contribution is -2.25. The molecule has 0 atom stereocenters. The SMILES string of the molecule is CC(C)c1ccc(CCNC(=O)c2cc(-c3ccco3)on2)cc1. The van der Waals surface area contributed by atoms with Crippen LogP contribution in [0, 0.1) is 0 Å². The average molecular weight is 324 g/mol. The van der Waals surface area contributed by atoms with Crippen molar-refractivity contribution in [1.29, 1.82) is 0 Å². The van der Waals surface area contributed by atoms with Gasteiger partial charge in [-0.15, -0.1) is 0 Å². The molecule has 2 heterocycles. The van der Waals surface area contributed by atoms with E-state index in [9.17, 15) is 4.79 Å². The molecule has 0 fully saturated rings. The van der Waals surface area contributed by atoms with Crippen molar-refractivity contribution >= 4 is 5.91 Å². The van der Waals surface area contributed by atoms with E-state index in [-0.39, 0.29) is 11.6 Å². The van der Waals surface area contributed by atoms with Crippen molar-refractivity contribution < 1.29 is 13.7 Å². The Morgan fingerprint density at radius 2 is 1.96 bits per heavy atom. The number of rotatable bonds is 6. The Morgan fingerprint density at radius 3 is 2.62 bits per heavy atom. The molecule has 0 unspecified atom stereocenters. The molecule has 24 heavy (non-hydrogen) atoms. The number of carbonyl (C=O) groups is 1. The molecule has 5 heteroatoms. The molecule has 1 aromatic carbocycles. The molecule has 124 valence electrons. The Kier molecular flexibility index (Phi) is 4.79. The Bertz CT molecular complexity index is 786. The topological polar surface area (TPSA) is 68.3 Å². The standard InChI is InChI=1S/C19H20N2O3/c1-13(2)15-7-5-14(6-8-15)9-10-20-19(22)16-12-18(24-21-16)17-4-3-11-23-17/h3-8,11-13H,9-10H2,1-2H3,(H,20,22). The highest BCUT2D eigenvalue weighted by molar-refractivity contribution is 5.92. The Labute approximate surface area is 140 Å². The van der Waals surface area contributed by atoms with Crippen LogP contribution >= 0.6 is 0 Å². The second-order valence-electron chi connectivity index (χ2n) is 5.96. The van der Waals surface area contributed by atoms with Crippen LogP contribution in [0.25, 0.3) is 11.5 Å². The first kappa shape index (κ1) is 16.1. The summed E-state index contributed by atoms with van der Waals surface area (Å²) in [6.07, 6.45) is 2.31. The van der Waals surface area contributed by atoms with Gasteiger partial charge in [0, 0.05) is 12.6 Å². The van der Waals surface area contributed by atoms with Crippen LogP contribution in [-0.4, -0.2) is 17.6 Å². The summed E-state index contributed by atoms with van der Waals surface area (Å²) in [5.74, 6) is 1.26. The number of amides is 1. The number of hydrogen-bond acceptors (Lipinski definition) is 4. The Balaban J connectivity index is 1.52. The lowest BCUT2D eigenvalue weighted by Gasteiger charge is -2.07. The van der Waals surface area contributed by atoms with Crippen LogP contribution < -0.4 is 5.32 Å². The summed E-state index contributed by atoms with van der Waals surface area (Å²) < 4.78 is 10.3. The zero-order valence-corrected chi connectivity index (χ0v) is 13.8. The van der Waals surface area contributed by atoms with Gasteiger partial charge in [-0.05, 0) is 35.6 Å². The van der Waals surface area contributed by atoms with E-state index in [1.807, 2.05) is 0 Å². The highest BCUT2D eigenvalue weighted by Gasteiger charge is 2.14. The summed E-state index contributed by atoms with van der Waals surface area (Å²) in [6, 6.07) is 13.6. The molecule has 3 rings (SSSR count). The normalized spacial score (nSPS) is 11.0. The van der Waals surface area contributed by atoms with Crippen LogP contribution in [0.3, 0.4) is 0 Å². The number of aromatic nitrogens is 1. The van der Waals surface area contributed by atoms with Crippen LogP contribution in [0.1, 0.15) is 41.4 Å². The lowest BCUT2D eigenvalue weighted by atomic mass is 10.0. The molecule has 0 saturated carbocycles. The number of benzene rings is 1. The van der Waals surface area contributed by atoms with Crippen LogP contribution in [0.15, 0.2) is 57.7 Å². The maximum Gasteiger partial charge on any atom is 0.273 e. The molecule has 0 aliphatic rings.